The Labute approximate surface area is 195 Å². The molecule has 4 aromatic rings. The van der Waals surface area contributed by atoms with E-state index in [-0.39, 0.29) is 18.6 Å². The zero-order valence-electron chi connectivity index (χ0n) is 18.5. The number of aliphatic hydroxyl groups is 1. The number of hydrogen-bond acceptors (Lipinski definition) is 3. The van der Waals surface area contributed by atoms with Gasteiger partial charge < -0.3 is 14.6 Å². The maximum atomic E-state index is 11.2. The first-order valence-electron chi connectivity index (χ1n) is 11.4. The first-order chi connectivity index (χ1) is 16.3. The molecule has 3 atom stereocenters. The highest BCUT2D eigenvalue weighted by molar-refractivity contribution is 5.47. The normalized spacial score (nSPS) is 18.9. The Kier molecular flexibility index (Phi) is 6.36. The monoisotopic (exact) mass is 436 g/mol. The summed E-state index contributed by atoms with van der Waals surface area (Å²) in [7, 11) is 0. The summed E-state index contributed by atoms with van der Waals surface area (Å²) in [6.07, 6.45) is -0.760. The number of rotatable bonds is 8. The lowest BCUT2D eigenvalue weighted by atomic mass is 9.80. The molecule has 166 valence electrons. The van der Waals surface area contributed by atoms with Crippen LogP contribution in [0.5, 0.6) is 0 Å². The Morgan fingerprint density at radius 3 is 1.52 bits per heavy atom. The standard InChI is InChI=1S/C30H28O3/c31-28(27-21-32-29(27)23-13-5-1-6-14-23)22-33-30(24-15-7-2-8-16-24,25-17-9-3-10-18-25)26-19-11-4-12-20-26/h1-20,27-29,31H,21-22H2/t27-,28?,29+/m0/s1. The SMILES string of the molecule is OC(COC(c1ccccc1)(c1ccccc1)c1ccccc1)[C@@H]1CO[C@@H]1c1ccccc1. The van der Waals surface area contributed by atoms with Crippen molar-refractivity contribution in [2.45, 2.75) is 17.8 Å². The maximum absolute atomic E-state index is 11.2. The zero-order valence-corrected chi connectivity index (χ0v) is 18.5. The van der Waals surface area contributed by atoms with Crippen LogP contribution < -0.4 is 0 Å². The lowest BCUT2D eigenvalue weighted by molar-refractivity contribution is -0.179. The molecule has 0 aliphatic carbocycles. The van der Waals surface area contributed by atoms with E-state index in [1.54, 1.807) is 0 Å². The van der Waals surface area contributed by atoms with Gasteiger partial charge in [0.05, 0.1) is 25.4 Å². The van der Waals surface area contributed by atoms with Crippen LogP contribution >= 0.6 is 0 Å². The molecule has 1 heterocycles. The van der Waals surface area contributed by atoms with Crippen molar-refractivity contribution < 1.29 is 14.6 Å². The molecule has 0 radical (unpaired) electrons. The van der Waals surface area contributed by atoms with Crippen LogP contribution in [0.4, 0.5) is 0 Å². The van der Waals surface area contributed by atoms with Gasteiger partial charge in [0.15, 0.2) is 0 Å². The number of hydrogen-bond donors (Lipinski definition) is 1. The Bertz CT molecular complexity index is 1030. The highest BCUT2D eigenvalue weighted by atomic mass is 16.5. The molecule has 3 nitrogen and oxygen atoms in total. The fourth-order valence-electron chi connectivity index (χ4n) is 4.71. The topological polar surface area (TPSA) is 38.7 Å². The summed E-state index contributed by atoms with van der Waals surface area (Å²) in [6, 6.07) is 40.8. The van der Waals surface area contributed by atoms with Gasteiger partial charge in [-0.25, -0.2) is 0 Å². The molecule has 5 rings (SSSR count). The first-order valence-corrected chi connectivity index (χ1v) is 11.4. The van der Waals surface area contributed by atoms with Crippen LogP contribution in [-0.2, 0) is 15.1 Å². The molecule has 3 heteroatoms. The third-order valence-corrected chi connectivity index (χ3v) is 6.49. The van der Waals surface area contributed by atoms with Crippen LogP contribution in [0.2, 0.25) is 0 Å². The molecule has 1 fully saturated rings. The summed E-state index contributed by atoms with van der Waals surface area (Å²) in [5.41, 5.74) is 3.34. The fourth-order valence-corrected chi connectivity index (χ4v) is 4.71. The smallest absolute Gasteiger partial charge is 0.143 e. The second-order valence-corrected chi connectivity index (χ2v) is 8.49. The van der Waals surface area contributed by atoms with Crippen molar-refractivity contribution in [2.24, 2.45) is 5.92 Å². The van der Waals surface area contributed by atoms with E-state index in [9.17, 15) is 5.11 Å². The van der Waals surface area contributed by atoms with Gasteiger partial charge >= 0.3 is 0 Å². The van der Waals surface area contributed by atoms with Gasteiger partial charge in [-0.05, 0) is 22.3 Å². The van der Waals surface area contributed by atoms with Gasteiger partial charge in [-0.2, -0.15) is 0 Å². The molecule has 1 aliphatic heterocycles. The molecule has 0 spiro atoms. The van der Waals surface area contributed by atoms with E-state index in [2.05, 4.69) is 36.4 Å². The van der Waals surface area contributed by atoms with Crippen molar-refractivity contribution in [1.29, 1.82) is 0 Å². The minimum absolute atomic E-state index is 0.00702. The van der Waals surface area contributed by atoms with Gasteiger partial charge in [0, 0.05) is 5.92 Å². The number of aliphatic hydroxyl groups excluding tert-OH is 1. The first kappa shape index (κ1) is 21.6. The van der Waals surface area contributed by atoms with Crippen LogP contribution in [0.1, 0.15) is 28.4 Å². The molecule has 0 amide bonds. The summed E-state index contributed by atoms with van der Waals surface area (Å²) in [6.45, 7) is 0.717. The van der Waals surface area contributed by atoms with Crippen LogP contribution in [0, 0.1) is 5.92 Å². The quantitative estimate of drug-likeness (QED) is 0.358. The minimum Gasteiger partial charge on any atom is -0.390 e. The summed E-state index contributed by atoms with van der Waals surface area (Å²) in [5.74, 6) is -0.00702. The van der Waals surface area contributed by atoms with E-state index in [0.717, 1.165) is 22.3 Å². The highest BCUT2D eigenvalue weighted by Crippen LogP contribution is 2.42. The van der Waals surface area contributed by atoms with E-state index in [4.69, 9.17) is 9.47 Å². The van der Waals surface area contributed by atoms with Crippen molar-refractivity contribution >= 4 is 0 Å². The zero-order chi connectivity index (χ0) is 22.5. The molecule has 1 N–H and O–H groups in total. The van der Waals surface area contributed by atoms with Gasteiger partial charge in [-0.3, -0.25) is 0 Å². The Morgan fingerprint density at radius 2 is 1.12 bits per heavy atom. The third-order valence-electron chi connectivity index (χ3n) is 6.49. The largest absolute Gasteiger partial charge is 0.390 e. The summed E-state index contributed by atoms with van der Waals surface area (Å²) >= 11 is 0. The van der Waals surface area contributed by atoms with Gasteiger partial charge in [0.2, 0.25) is 0 Å². The molecule has 0 saturated carbocycles. The summed E-state index contributed by atoms with van der Waals surface area (Å²) in [4.78, 5) is 0. The minimum atomic E-state index is -0.836. The number of ether oxygens (including phenoxy) is 2. The second-order valence-electron chi connectivity index (χ2n) is 8.49. The summed E-state index contributed by atoms with van der Waals surface area (Å²) in [5, 5.41) is 11.2. The van der Waals surface area contributed by atoms with Gasteiger partial charge in [-0.15, -0.1) is 0 Å². The van der Waals surface area contributed by atoms with E-state index in [1.165, 1.54) is 0 Å². The van der Waals surface area contributed by atoms with Crippen molar-refractivity contribution in [3.63, 3.8) is 0 Å². The maximum Gasteiger partial charge on any atom is 0.143 e. The van der Waals surface area contributed by atoms with Gasteiger partial charge in [0.25, 0.3) is 0 Å². The lowest BCUT2D eigenvalue weighted by Gasteiger charge is -2.42. The predicted octanol–water partition coefficient (Wildman–Crippen LogP) is 5.74. The van der Waals surface area contributed by atoms with Crippen LogP contribution in [0.25, 0.3) is 0 Å². The van der Waals surface area contributed by atoms with E-state index >= 15 is 0 Å². The van der Waals surface area contributed by atoms with Crippen molar-refractivity contribution in [3.8, 4) is 0 Å². The lowest BCUT2D eigenvalue weighted by Crippen LogP contribution is -2.45. The number of benzene rings is 4. The molecule has 4 aromatic carbocycles. The van der Waals surface area contributed by atoms with E-state index < -0.39 is 11.7 Å². The van der Waals surface area contributed by atoms with Gasteiger partial charge in [0.1, 0.15) is 5.60 Å². The Hall–Kier alpha value is -3.24. The van der Waals surface area contributed by atoms with Crippen molar-refractivity contribution in [2.75, 3.05) is 13.2 Å². The molecule has 33 heavy (non-hydrogen) atoms. The summed E-state index contributed by atoms with van der Waals surface area (Å²) < 4.78 is 12.6. The van der Waals surface area contributed by atoms with E-state index in [0.29, 0.717) is 6.61 Å². The second kappa shape index (κ2) is 9.72. The molecule has 1 unspecified atom stereocenters. The fraction of sp³-hybridized carbons (Fsp3) is 0.200. The Balaban J connectivity index is 1.49. The molecule has 0 bridgehead atoms. The van der Waals surface area contributed by atoms with Gasteiger partial charge in [-0.1, -0.05) is 121 Å². The highest BCUT2D eigenvalue weighted by Gasteiger charge is 2.42. The van der Waals surface area contributed by atoms with Crippen LogP contribution in [0.15, 0.2) is 121 Å². The average Bonchev–Trinajstić information content (AvgIpc) is 2.86. The Morgan fingerprint density at radius 1 is 0.697 bits per heavy atom. The molecule has 1 saturated heterocycles. The van der Waals surface area contributed by atoms with Crippen LogP contribution in [0.3, 0.4) is 0 Å². The van der Waals surface area contributed by atoms with Crippen molar-refractivity contribution in [1.82, 2.24) is 0 Å². The molecule has 1 aliphatic rings. The van der Waals surface area contributed by atoms with E-state index in [1.807, 2.05) is 84.9 Å². The van der Waals surface area contributed by atoms with Crippen molar-refractivity contribution in [3.05, 3.63) is 144 Å². The molecule has 0 aromatic heterocycles. The predicted molar refractivity (Wildman–Crippen MR) is 130 cm³/mol. The molecular formula is C30H28O3. The average molecular weight is 437 g/mol. The van der Waals surface area contributed by atoms with Crippen LogP contribution in [-0.4, -0.2) is 24.4 Å². The third kappa shape index (κ3) is 4.23. The molecular weight excluding hydrogens is 408 g/mol.